The van der Waals surface area contributed by atoms with Gasteiger partial charge in [-0.1, -0.05) is 35.5 Å². The zero-order valence-corrected chi connectivity index (χ0v) is 18.6. The third kappa shape index (κ3) is 4.39. The number of aryl methyl sites for hydroxylation is 2. The average Bonchev–Trinajstić information content (AvgIpc) is 3.35. The van der Waals surface area contributed by atoms with E-state index in [1.165, 1.54) is 0 Å². The summed E-state index contributed by atoms with van der Waals surface area (Å²) in [7, 11) is 1.78. The Morgan fingerprint density at radius 1 is 1.06 bits per heavy atom. The van der Waals surface area contributed by atoms with Crippen LogP contribution >= 0.6 is 0 Å². The number of hydrogen-bond donors (Lipinski definition) is 0. The summed E-state index contributed by atoms with van der Waals surface area (Å²) in [6.07, 6.45) is 0. The van der Waals surface area contributed by atoms with Gasteiger partial charge in [-0.2, -0.15) is 10.1 Å². The molecule has 0 saturated carbocycles. The van der Waals surface area contributed by atoms with Gasteiger partial charge in [0.25, 0.3) is 5.91 Å². The number of nitrogens with zero attached hydrogens (tertiary/aromatic N) is 5. The summed E-state index contributed by atoms with van der Waals surface area (Å²) >= 11 is 0. The highest BCUT2D eigenvalue weighted by Gasteiger charge is 2.21. The van der Waals surface area contributed by atoms with Gasteiger partial charge in [0, 0.05) is 31.8 Å². The summed E-state index contributed by atoms with van der Waals surface area (Å²) in [6, 6.07) is 17.1. The van der Waals surface area contributed by atoms with Gasteiger partial charge < -0.3 is 14.2 Å². The fourth-order valence-corrected chi connectivity index (χ4v) is 3.55. The Kier molecular flexibility index (Phi) is 6.02. The summed E-state index contributed by atoms with van der Waals surface area (Å²) in [5.41, 5.74) is 4.38. The first-order chi connectivity index (χ1) is 15.4. The molecule has 0 aliphatic heterocycles. The monoisotopic (exact) mass is 431 g/mol. The fourth-order valence-electron chi connectivity index (χ4n) is 3.55. The molecule has 2 aromatic carbocycles. The maximum absolute atomic E-state index is 13.3. The molecule has 0 atom stereocenters. The van der Waals surface area contributed by atoms with Crippen LogP contribution in [0.4, 0.5) is 0 Å². The van der Waals surface area contributed by atoms with Crippen LogP contribution in [-0.2, 0) is 13.2 Å². The van der Waals surface area contributed by atoms with E-state index in [0.29, 0.717) is 29.6 Å². The number of para-hydroxylation sites is 2. The Hall–Kier alpha value is -3.94. The van der Waals surface area contributed by atoms with Gasteiger partial charge in [0.15, 0.2) is 6.61 Å². The van der Waals surface area contributed by atoms with Crippen LogP contribution in [0.25, 0.3) is 5.69 Å². The summed E-state index contributed by atoms with van der Waals surface area (Å²) in [4.78, 5) is 19.1. The third-order valence-corrected chi connectivity index (χ3v) is 5.23. The lowest BCUT2D eigenvalue weighted by molar-refractivity contribution is 0.0779. The molecule has 2 aromatic heterocycles. The molecule has 4 aromatic rings. The molecule has 0 aliphatic rings. The molecule has 0 fully saturated rings. The van der Waals surface area contributed by atoms with Gasteiger partial charge in [0.1, 0.15) is 5.75 Å². The molecule has 0 unspecified atom stereocenters. The van der Waals surface area contributed by atoms with Crippen molar-refractivity contribution in [2.75, 3.05) is 7.05 Å². The molecule has 0 spiro atoms. The van der Waals surface area contributed by atoms with Crippen molar-refractivity contribution < 1.29 is 14.1 Å². The zero-order chi connectivity index (χ0) is 22.7. The van der Waals surface area contributed by atoms with Gasteiger partial charge in [0.2, 0.25) is 11.7 Å². The van der Waals surface area contributed by atoms with Crippen molar-refractivity contribution in [3.05, 3.63) is 88.8 Å². The first-order valence-electron chi connectivity index (χ1n) is 10.3. The molecule has 0 bridgehead atoms. The summed E-state index contributed by atoms with van der Waals surface area (Å²) in [6.45, 7) is 6.25. The minimum Gasteiger partial charge on any atom is -0.485 e. The van der Waals surface area contributed by atoms with Crippen LogP contribution in [0.5, 0.6) is 5.75 Å². The summed E-state index contributed by atoms with van der Waals surface area (Å²) < 4.78 is 12.7. The highest BCUT2D eigenvalue weighted by atomic mass is 16.5. The second-order valence-electron chi connectivity index (χ2n) is 7.57. The third-order valence-electron chi connectivity index (χ3n) is 5.23. The van der Waals surface area contributed by atoms with E-state index in [4.69, 9.17) is 9.26 Å². The van der Waals surface area contributed by atoms with Crippen molar-refractivity contribution in [1.29, 1.82) is 0 Å². The lowest BCUT2D eigenvalue weighted by Gasteiger charge is -2.19. The number of carbonyl (C=O) groups is 1. The SMILES string of the molecule is Cc1nc(COc2ccccc2C(=O)N(C)Cc2c(C)nn(-c3ccccc3)c2C)no1. The second-order valence-corrected chi connectivity index (χ2v) is 7.57. The molecule has 0 saturated heterocycles. The molecular formula is C24H25N5O3. The topological polar surface area (TPSA) is 86.3 Å². The number of hydrogen-bond acceptors (Lipinski definition) is 6. The Bertz CT molecular complexity index is 1230. The van der Waals surface area contributed by atoms with Crippen LogP contribution in [-0.4, -0.2) is 37.8 Å². The van der Waals surface area contributed by atoms with Crippen LogP contribution in [0.1, 0.15) is 39.0 Å². The predicted octanol–water partition coefficient (Wildman–Crippen LogP) is 4.03. The minimum atomic E-state index is -0.142. The predicted molar refractivity (Wildman–Crippen MR) is 119 cm³/mol. The Morgan fingerprint density at radius 3 is 2.50 bits per heavy atom. The Labute approximate surface area is 186 Å². The zero-order valence-electron chi connectivity index (χ0n) is 18.6. The molecule has 8 nitrogen and oxygen atoms in total. The van der Waals surface area contributed by atoms with Crippen molar-refractivity contribution in [1.82, 2.24) is 24.8 Å². The van der Waals surface area contributed by atoms with E-state index in [1.807, 2.05) is 61.0 Å². The maximum Gasteiger partial charge on any atom is 0.257 e. The van der Waals surface area contributed by atoms with E-state index in [-0.39, 0.29) is 12.5 Å². The van der Waals surface area contributed by atoms with Crippen LogP contribution in [0.15, 0.2) is 59.1 Å². The number of ether oxygens (including phenoxy) is 1. The van der Waals surface area contributed by atoms with Crippen LogP contribution in [0.2, 0.25) is 0 Å². The number of amides is 1. The van der Waals surface area contributed by atoms with Crippen molar-refractivity contribution in [3.63, 3.8) is 0 Å². The molecule has 2 heterocycles. The number of carbonyl (C=O) groups excluding carboxylic acids is 1. The largest absolute Gasteiger partial charge is 0.485 e. The normalized spacial score (nSPS) is 10.9. The molecule has 164 valence electrons. The molecule has 1 amide bonds. The van der Waals surface area contributed by atoms with Crippen molar-refractivity contribution >= 4 is 5.91 Å². The molecule has 0 aliphatic carbocycles. The molecule has 0 N–H and O–H groups in total. The fraction of sp³-hybridized carbons (Fsp3) is 0.250. The van der Waals surface area contributed by atoms with E-state index in [9.17, 15) is 4.79 Å². The number of aromatic nitrogens is 4. The van der Waals surface area contributed by atoms with E-state index < -0.39 is 0 Å². The van der Waals surface area contributed by atoms with Gasteiger partial charge in [-0.25, -0.2) is 4.68 Å². The maximum atomic E-state index is 13.3. The lowest BCUT2D eigenvalue weighted by Crippen LogP contribution is -2.27. The quantitative estimate of drug-likeness (QED) is 0.439. The van der Waals surface area contributed by atoms with E-state index >= 15 is 0 Å². The van der Waals surface area contributed by atoms with Gasteiger partial charge in [-0.15, -0.1) is 0 Å². The smallest absolute Gasteiger partial charge is 0.257 e. The Balaban J connectivity index is 1.52. The second kappa shape index (κ2) is 9.05. The average molecular weight is 431 g/mol. The van der Waals surface area contributed by atoms with Crippen LogP contribution in [0.3, 0.4) is 0 Å². The van der Waals surface area contributed by atoms with E-state index in [2.05, 4.69) is 15.2 Å². The van der Waals surface area contributed by atoms with Crippen molar-refractivity contribution in [2.45, 2.75) is 33.9 Å². The number of rotatable bonds is 7. The molecule has 8 heteroatoms. The first-order valence-corrected chi connectivity index (χ1v) is 10.3. The van der Waals surface area contributed by atoms with Crippen LogP contribution in [0, 0.1) is 20.8 Å². The minimum absolute atomic E-state index is 0.118. The summed E-state index contributed by atoms with van der Waals surface area (Å²) in [5.74, 6) is 1.23. The standard InChI is InChI=1S/C24H25N5O3/c1-16-21(17(2)29(26-16)19-10-6-5-7-11-19)14-28(4)24(30)20-12-8-9-13-22(20)31-15-23-25-18(3)32-27-23/h5-13H,14-15H2,1-4H3. The van der Waals surface area contributed by atoms with Gasteiger partial charge in [0.05, 0.1) is 16.9 Å². The van der Waals surface area contributed by atoms with Crippen LogP contribution < -0.4 is 4.74 Å². The Morgan fingerprint density at radius 2 is 1.78 bits per heavy atom. The summed E-state index contributed by atoms with van der Waals surface area (Å²) in [5, 5.41) is 8.51. The molecule has 0 radical (unpaired) electrons. The number of benzene rings is 2. The van der Waals surface area contributed by atoms with E-state index in [0.717, 1.165) is 22.6 Å². The lowest BCUT2D eigenvalue weighted by atomic mass is 10.1. The molecule has 4 rings (SSSR count). The van der Waals surface area contributed by atoms with Crippen molar-refractivity contribution in [2.24, 2.45) is 0 Å². The van der Waals surface area contributed by atoms with Gasteiger partial charge >= 0.3 is 0 Å². The molecule has 32 heavy (non-hydrogen) atoms. The highest BCUT2D eigenvalue weighted by Crippen LogP contribution is 2.23. The first kappa shape index (κ1) is 21.3. The van der Waals surface area contributed by atoms with Gasteiger partial charge in [-0.3, -0.25) is 4.79 Å². The molecular weight excluding hydrogens is 406 g/mol. The highest BCUT2D eigenvalue weighted by molar-refractivity contribution is 5.96. The van der Waals surface area contributed by atoms with Crippen molar-refractivity contribution in [3.8, 4) is 11.4 Å². The van der Waals surface area contributed by atoms with E-state index in [1.54, 1.807) is 31.0 Å². The van der Waals surface area contributed by atoms with Gasteiger partial charge in [-0.05, 0) is 38.1 Å².